The molecule has 3 nitrogen and oxygen atoms in total. The van der Waals surface area contributed by atoms with Crippen molar-refractivity contribution >= 4 is 0 Å². The third kappa shape index (κ3) is 2.03. The molecule has 1 aliphatic heterocycles. The molecule has 2 N–H and O–H groups in total. The van der Waals surface area contributed by atoms with E-state index in [-0.39, 0.29) is 0 Å². The zero-order chi connectivity index (χ0) is 9.10. The quantitative estimate of drug-likeness (QED) is 0.651. The van der Waals surface area contributed by atoms with Gasteiger partial charge in [0.15, 0.2) is 0 Å². The summed E-state index contributed by atoms with van der Waals surface area (Å²) in [5.41, 5.74) is 0. The Kier molecular flexibility index (Phi) is 3.19. The molecule has 0 aromatic heterocycles. The van der Waals surface area contributed by atoms with Crippen LogP contribution >= 0.6 is 0 Å². The molecule has 0 amide bonds. The van der Waals surface area contributed by atoms with Crippen molar-refractivity contribution in [3.05, 3.63) is 0 Å². The van der Waals surface area contributed by atoms with E-state index in [9.17, 15) is 5.11 Å². The van der Waals surface area contributed by atoms with Crippen molar-refractivity contribution in [2.75, 3.05) is 32.8 Å². The molecule has 13 heavy (non-hydrogen) atoms. The van der Waals surface area contributed by atoms with E-state index < -0.39 is 0 Å². The Hall–Kier alpha value is -0.120. The zero-order valence-electron chi connectivity index (χ0n) is 8.21. The Balaban J connectivity index is 1.86. The van der Waals surface area contributed by atoms with Gasteiger partial charge in [0.2, 0.25) is 0 Å². The Labute approximate surface area is 80.1 Å². The smallest absolute Gasteiger partial charge is 0.0589 e. The maximum Gasteiger partial charge on any atom is 0.0589 e. The molecule has 1 unspecified atom stereocenters. The van der Waals surface area contributed by atoms with Gasteiger partial charge in [0.1, 0.15) is 0 Å². The van der Waals surface area contributed by atoms with Gasteiger partial charge in [-0.3, -0.25) is 4.90 Å². The first kappa shape index (κ1) is 9.44. The standard InChI is InChI=1S/C10H20N2O/c13-8-10(9-2-1-3-9)12-6-4-11-5-7-12/h9-11,13H,1-8H2. The highest BCUT2D eigenvalue weighted by Crippen LogP contribution is 2.32. The molecule has 0 aromatic carbocycles. The van der Waals surface area contributed by atoms with Crippen LogP contribution in [0.1, 0.15) is 19.3 Å². The molecule has 2 aliphatic rings. The molecule has 1 saturated heterocycles. The molecular formula is C10H20N2O. The fourth-order valence-corrected chi connectivity index (χ4v) is 2.40. The predicted octanol–water partition coefficient (Wildman–Crippen LogP) is 0.0526. The van der Waals surface area contributed by atoms with E-state index in [0.29, 0.717) is 12.6 Å². The highest BCUT2D eigenvalue weighted by molar-refractivity contribution is 4.86. The number of aliphatic hydroxyl groups is 1. The van der Waals surface area contributed by atoms with Gasteiger partial charge in [-0.2, -0.15) is 0 Å². The van der Waals surface area contributed by atoms with E-state index in [4.69, 9.17) is 0 Å². The lowest BCUT2D eigenvalue weighted by Gasteiger charge is -2.42. The minimum Gasteiger partial charge on any atom is -0.395 e. The first-order valence-electron chi connectivity index (χ1n) is 5.47. The van der Waals surface area contributed by atoms with Crippen LogP contribution in [0.25, 0.3) is 0 Å². The summed E-state index contributed by atoms with van der Waals surface area (Å²) in [6.45, 7) is 4.75. The minimum atomic E-state index is 0.352. The number of aliphatic hydroxyl groups excluding tert-OH is 1. The van der Waals surface area contributed by atoms with Crippen LogP contribution in [0.5, 0.6) is 0 Å². The van der Waals surface area contributed by atoms with Gasteiger partial charge in [-0.25, -0.2) is 0 Å². The van der Waals surface area contributed by atoms with Crippen LogP contribution in [0, 0.1) is 5.92 Å². The minimum absolute atomic E-state index is 0.352. The molecule has 3 heteroatoms. The number of nitrogens with zero attached hydrogens (tertiary/aromatic N) is 1. The van der Waals surface area contributed by atoms with Crippen LogP contribution < -0.4 is 5.32 Å². The van der Waals surface area contributed by atoms with Crippen molar-refractivity contribution < 1.29 is 5.11 Å². The topological polar surface area (TPSA) is 35.5 Å². The van der Waals surface area contributed by atoms with Gasteiger partial charge in [0.05, 0.1) is 6.61 Å². The van der Waals surface area contributed by atoms with Crippen LogP contribution in [-0.4, -0.2) is 48.8 Å². The van der Waals surface area contributed by atoms with Gasteiger partial charge in [0.25, 0.3) is 0 Å². The molecule has 0 bridgehead atoms. The monoisotopic (exact) mass is 184 g/mol. The van der Waals surface area contributed by atoms with Crippen molar-refractivity contribution in [1.82, 2.24) is 10.2 Å². The molecule has 2 fully saturated rings. The summed E-state index contributed by atoms with van der Waals surface area (Å²) in [5.74, 6) is 0.781. The number of piperazine rings is 1. The van der Waals surface area contributed by atoms with E-state index in [0.717, 1.165) is 32.1 Å². The lowest BCUT2D eigenvalue weighted by molar-refractivity contribution is 0.0408. The average Bonchev–Trinajstić information content (AvgIpc) is 2.12. The Morgan fingerprint density at radius 1 is 1.31 bits per heavy atom. The van der Waals surface area contributed by atoms with Gasteiger partial charge in [-0.15, -0.1) is 0 Å². The number of hydrogen-bond acceptors (Lipinski definition) is 3. The Morgan fingerprint density at radius 2 is 2.00 bits per heavy atom. The largest absolute Gasteiger partial charge is 0.395 e. The summed E-state index contributed by atoms with van der Waals surface area (Å²) in [6.07, 6.45) is 4.03. The second kappa shape index (κ2) is 4.40. The van der Waals surface area contributed by atoms with Crippen LogP contribution in [0.15, 0.2) is 0 Å². The first-order valence-corrected chi connectivity index (χ1v) is 5.47. The molecule has 1 heterocycles. The maximum atomic E-state index is 9.35. The van der Waals surface area contributed by atoms with Gasteiger partial charge in [-0.05, 0) is 18.8 Å². The maximum absolute atomic E-state index is 9.35. The predicted molar refractivity (Wildman–Crippen MR) is 52.7 cm³/mol. The summed E-state index contributed by atoms with van der Waals surface area (Å²) in [4.78, 5) is 2.46. The summed E-state index contributed by atoms with van der Waals surface area (Å²) < 4.78 is 0. The first-order chi connectivity index (χ1) is 6.42. The van der Waals surface area contributed by atoms with Crippen LogP contribution in [0.4, 0.5) is 0 Å². The molecular weight excluding hydrogens is 164 g/mol. The number of hydrogen-bond donors (Lipinski definition) is 2. The van der Waals surface area contributed by atoms with Gasteiger partial charge < -0.3 is 10.4 Å². The third-order valence-electron chi connectivity index (χ3n) is 3.50. The van der Waals surface area contributed by atoms with E-state index in [1.165, 1.54) is 19.3 Å². The second-order valence-corrected chi connectivity index (χ2v) is 4.23. The second-order valence-electron chi connectivity index (χ2n) is 4.23. The number of rotatable bonds is 3. The van der Waals surface area contributed by atoms with E-state index in [2.05, 4.69) is 10.2 Å². The normalized spacial score (nSPS) is 28.4. The molecule has 1 atom stereocenters. The lowest BCUT2D eigenvalue weighted by Crippen LogP contribution is -2.53. The van der Waals surface area contributed by atoms with Gasteiger partial charge in [-0.1, -0.05) is 6.42 Å². The fraction of sp³-hybridized carbons (Fsp3) is 1.00. The van der Waals surface area contributed by atoms with Crippen LogP contribution in [-0.2, 0) is 0 Å². The molecule has 76 valence electrons. The number of nitrogens with one attached hydrogen (secondary N) is 1. The van der Waals surface area contributed by atoms with E-state index >= 15 is 0 Å². The molecule has 2 rings (SSSR count). The molecule has 1 aliphatic carbocycles. The SMILES string of the molecule is OCC(C1CCC1)N1CCNCC1. The average molecular weight is 184 g/mol. The van der Waals surface area contributed by atoms with E-state index in [1.807, 2.05) is 0 Å². The van der Waals surface area contributed by atoms with Crippen molar-refractivity contribution in [2.24, 2.45) is 5.92 Å². The lowest BCUT2D eigenvalue weighted by atomic mass is 9.79. The van der Waals surface area contributed by atoms with Crippen molar-refractivity contribution in [3.8, 4) is 0 Å². The summed E-state index contributed by atoms with van der Waals surface area (Å²) in [7, 11) is 0. The molecule has 0 spiro atoms. The third-order valence-corrected chi connectivity index (χ3v) is 3.50. The Bertz CT molecular complexity index is 153. The fourth-order valence-electron chi connectivity index (χ4n) is 2.40. The van der Waals surface area contributed by atoms with Crippen molar-refractivity contribution in [3.63, 3.8) is 0 Å². The van der Waals surface area contributed by atoms with Crippen molar-refractivity contribution in [1.29, 1.82) is 0 Å². The van der Waals surface area contributed by atoms with Gasteiger partial charge >= 0.3 is 0 Å². The summed E-state index contributed by atoms with van der Waals surface area (Å²) >= 11 is 0. The highest BCUT2D eigenvalue weighted by atomic mass is 16.3. The molecule has 0 radical (unpaired) electrons. The van der Waals surface area contributed by atoms with Gasteiger partial charge in [0, 0.05) is 32.2 Å². The highest BCUT2D eigenvalue weighted by Gasteiger charge is 2.31. The Morgan fingerprint density at radius 3 is 2.46 bits per heavy atom. The van der Waals surface area contributed by atoms with Crippen LogP contribution in [0.3, 0.4) is 0 Å². The summed E-state index contributed by atoms with van der Waals surface area (Å²) in [6, 6.07) is 0.454. The molecule has 0 aromatic rings. The van der Waals surface area contributed by atoms with E-state index in [1.54, 1.807) is 0 Å². The summed E-state index contributed by atoms with van der Waals surface area (Å²) in [5, 5.41) is 12.7. The molecule has 1 saturated carbocycles. The van der Waals surface area contributed by atoms with Crippen LogP contribution in [0.2, 0.25) is 0 Å². The zero-order valence-corrected chi connectivity index (χ0v) is 8.21. The van der Waals surface area contributed by atoms with Crippen molar-refractivity contribution in [2.45, 2.75) is 25.3 Å².